The molecule has 0 aromatic heterocycles. The van der Waals surface area contributed by atoms with Crippen LogP contribution in [0.15, 0.2) is 12.1 Å². The smallest absolute Gasteiger partial charge is 0.251 e. The van der Waals surface area contributed by atoms with Gasteiger partial charge in [-0.3, -0.25) is 4.79 Å². The number of piperidine rings is 1. The highest BCUT2D eigenvalue weighted by atomic mass is 35.5. The molecule has 2 unspecified atom stereocenters. The molecule has 0 spiro atoms. The van der Waals surface area contributed by atoms with E-state index in [1.165, 1.54) is 12.8 Å². The van der Waals surface area contributed by atoms with Gasteiger partial charge in [-0.2, -0.15) is 0 Å². The van der Waals surface area contributed by atoms with Gasteiger partial charge >= 0.3 is 0 Å². The zero-order chi connectivity index (χ0) is 16.4. The topological polar surface area (TPSA) is 59.6 Å². The van der Waals surface area contributed by atoms with Gasteiger partial charge in [0.2, 0.25) is 0 Å². The van der Waals surface area contributed by atoms with E-state index >= 15 is 0 Å². The number of halogens is 1. The number of carbonyl (C=O) groups is 1. The molecule has 1 amide bonds. The fraction of sp³-hybridized carbons (Fsp3) is 0.588. The molecular formula is C17H23ClN2O3. The molecule has 2 fully saturated rings. The molecule has 126 valence electrons. The normalized spacial score (nSPS) is 26.0. The third-order valence-electron chi connectivity index (χ3n) is 4.59. The van der Waals surface area contributed by atoms with Crippen molar-refractivity contribution in [3.63, 3.8) is 0 Å². The van der Waals surface area contributed by atoms with Crippen LogP contribution >= 0.6 is 11.6 Å². The molecule has 2 N–H and O–H groups in total. The third-order valence-corrected chi connectivity index (χ3v) is 4.87. The maximum absolute atomic E-state index is 12.5. The van der Waals surface area contributed by atoms with Crippen molar-refractivity contribution in [1.82, 2.24) is 10.6 Å². The van der Waals surface area contributed by atoms with Gasteiger partial charge in [-0.1, -0.05) is 11.6 Å². The van der Waals surface area contributed by atoms with Crippen molar-refractivity contribution < 1.29 is 14.3 Å². The summed E-state index contributed by atoms with van der Waals surface area (Å²) in [7, 11) is 1.54. The molecule has 23 heavy (non-hydrogen) atoms. The average molecular weight is 339 g/mol. The van der Waals surface area contributed by atoms with E-state index < -0.39 is 0 Å². The Bertz CT molecular complexity index is 581. The molecule has 2 aliphatic heterocycles. The molecule has 2 bridgehead atoms. The van der Waals surface area contributed by atoms with Crippen LogP contribution < -0.4 is 20.1 Å². The van der Waals surface area contributed by atoms with Crippen molar-refractivity contribution in [2.24, 2.45) is 0 Å². The maximum Gasteiger partial charge on any atom is 0.251 e. The Balaban J connectivity index is 1.73. The average Bonchev–Trinajstić information content (AvgIpc) is 2.87. The van der Waals surface area contributed by atoms with Gasteiger partial charge in [-0.05, 0) is 44.7 Å². The number of fused-ring (bicyclic) bond motifs is 2. The van der Waals surface area contributed by atoms with E-state index in [4.69, 9.17) is 21.1 Å². The molecule has 0 saturated carbocycles. The zero-order valence-electron chi connectivity index (χ0n) is 13.5. The third kappa shape index (κ3) is 3.56. The van der Waals surface area contributed by atoms with E-state index in [9.17, 15) is 4.79 Å². The molecular weight excluding hydrogens is 316 g/mol. The SMILES string of the molecule is CCOc1c(Cl)cc(C(=O)NC2CC3CCC(C2)N3)cc1OC. The minimum absolute atomic E-state index is 0.112. The molecule has 2 saturated heterocycles. The minimum Gasteiger partial charge on any atom is -0.493 e. The Morgan fingerprint density at radius 3 is 2.65 bits per heavy atom. The van der Waals surface area contributed by atoms with E-state index in [1.807, 2.05) is 6.92 Å². The second-order valence-corrected chi connectivity index (χ2v) is 6.61. The summed E-state index contributed by atoms with van der Waals surface area (Å²) in [5.74, 6) is 0.850. The van der Waals surface area contributed by atoms with Gasteiger partial charge in [0.15, 0.2) is 11.5 Å². The molecule has 2 aliphatic rings. The van der Waals surface area contributed by atoms with E-state index in [0.29, 0.717) is 40.8 Å². The van der Waals surface area contributed by atoms with Crippen LogP contribution in [0, 0.1) is 0 Å². The molecule has 0 radical (unpaired) electrons. The zero-order valence-corrected chi connectivity index (χ0v) is 14.3. The molecule has 2 atom stereocenters. The van der Waals surface area contributed by atoms with Crippen molar-refractivity contribution in [2.75, 3.05) is 13.7 Å². The largest absolute Gasteiger partial charge is 0.493 e. The lowest BCUT2D eigenvalue weighted by Crippen LogP contribution is -2.48. The predicted molar refractivity (Wildman–Crippen MR) is 89.6 cm³/mol. The Kier molecular flexibility index (Phi) is 4.97. The first kappa shape index (κ1) is 16.4. The molecule has 3 rings (SSSR count). The van der Waals surface area contributed by atoms with Crippen LogP contribution in [0.5, 0.6) is 11.5 Å². The summed E-state index contributed by atoms with van der Waals surface area (Å²) < 4.78 is 10.8. The van der Waals surface area contributed by atoms with Crippen LogP contribution in [0.25, 0.3) is 0 Å². The monoisotopic (exact) mass is 338 g/mol. The van der Waals surface area contributed by atoms with Crippen LogP contribution in [0.3, 0.4) is 0 Å². The van der Waals surface area contributed by atoms with Crippen molar-refractivity contribution in [2.45, 2.75) is 50.7 Å². The highest BCUT2D eigenvalue weighted by Crippen LogP contribution is 2.36. The summed E-state index contributed by atoms with van der Waals surface area (Å²) in [4.78, 5) is 12.5. The summed E-state index contributed by atoms with van der Waals surface area (Å²) in [6, 6.07) is 4.62. The number of carbonyl (C=O) groups excluding carboxylic acids is 1. The molecule has 0 aliphatic carbocycles. The van der Waals surface area contributed by atoms with E-state index in [0.717, 1.165) is 12.8 Å². The Labute approximate surface area is 141 Å². The maximum atomic E-state index is 12.5. The van der Waals surface area contributed by atoms with Gasteiger partial charge in [0.05, 0.1) is 18.7 Å². The quantitative estimate of drug-likeness (QED) is 0.866. The number of hydrogen-bond donors (Lipinski definition) is 2. The van der Waals surface area contributed by atoms with E-state index in [-0.39, 0.29) is 11.9 Å². The van der Waals surface area contributed by atoms with Crippen LogP contribution in [0.2, 0.25) is 5.02 Å². The minimum atomic E-state index is -0.112. The van der Waals surface area contributed by atoms with E-state index in [2.05, 4.69) is 10.6 Å². The van der Waals surface area contributed by atoms with Crippen molar-refractivity contribution in [1.29, 1.82) is 0 Å². The van der Waals surface area contributed by atoms with Crippen LogP contribution in [-0.4, -0.2) is 37.7 Å². The fourth-order valence-corrected chi connectivity index (χ4v) is 3.84. The highest BCUT2D eigenvalue weighted by molar-refractivity contribution is 6.32. The summed E-state index contributed by atoms with van der Waals surface area (Å²) in [5.41, 5.74) is 0.501. The Morgan fingerprint density at radius 2 is 2.04 bits per heavy atom. The van der Waals surface area contributed by atoms with Crippen LogP contribution in [0.4, 0.5) is 0 Å². The first-order chi connectivity index (χ1) is 11.1. The van der Waals surface area contributed by atoms with Gasteiger partial charge in [-0.15, -0.1) is 0 Å². The number of ether oxygens (including phenoxy) is 2. The molecule has 1 aromatic rings. The highest BCUT2D eigenvalue weighted by Gasteiger charge is 2.34. The lowest BCUT2D eigenvalue weighted by molar-refractivity contribution is 0.0923. The lowest BCUT2D eigenvalue weighted by atomic mass is 9.99. The van der Waals surface area contributed by atoms with E-state index in [1.54, 1.807) is 19.2 Å². The molecule has 5 nitrogen and oxygen atoms in total. The Morgan fingerprint density at radius 1 is 1.35 bits per heavy atom. The van der Waals surface area contributed by atoms with Crippen molar-refractivity contribution >= 4 is 17.5 Å². The van der Waals surface area contributed by atoms with Crippen LogP contribution in [-0.2, 0) is 0 Å². The predicted octanol–water partition coefficient (Wildman–Crippen LogP) is 2.76. The first-order valence-electron chi connectivity index (χ1n) is 8.18. The number of nitrogens with one attached hydrogen (secondary N) is 2. The number of benzene rings is 1. The number of hydrogen-bond acceptors (Lipinski definition) is 4. The summed E-state index contributed by atoms with van der Waals surface area (Å²) in [6.07, 6.45) is 4.40. The lowest BCUT2D eigenvalue weighted by Gasteiger charge is -2.29. The molecule has 1 aromatic carbocycles. The molecule has 6 heteroatoms. The summed E-state index contributed by atoms with van der Waals surface area (Å²) in [5, 5.41) is 7.10. The second kappa shape index (κ2) is 6.97. The molecule has 2 heterocycles. The summed E-state index contributed by atoms with van der Waals surface area (Å²) in [6.45, 7) is 2.36. The van der Waals surface area contributed by atoms with Gasteiger partial charge in [0, 0.05) is 23.7 Å². The van der Waals surface area contributed by atoms with Gasteiger partial charge in [0.25, 0.3) is 5.91 Å². The summed E-state index contributed by atoms with van der Waals surface area (Å²) >= 11 is 6.24. The van der Waals surface area contributed by atoms with Gasteiger partial charge in [-0.25, -0.2) is 0 Å². The van der Waals surface area contributed by atoms with Gasteiger partial charge < -0.3 is 20.1 Å². The van der Waals surface area contributed by atoms with Gasteiger partial charge in [0.1, 0.15) is 0 Å². The van der Waals surface area contributed by atoms with Crippen molar-refractivity contribution in [3.8, 4) is 11.5 Å². The Hall–Kier alpha value is -1.46. The number of rotatable bonds is 5. The van der Waals surface area contributed by atoms with Crippen molar-refractivity contribution in [3.05, 3.63) is 22.7 Å². The second-order valence-electron chi connectivity index (χ2n) is 6.20. The number of methoxy groups -OCH3 is 1. The standard InChI is InChI=1S/C17H23ClN2O3/c1-3-23-16-14(18)6-10(7-15(16)22-2)17(21)20-13-8-11-4-5-12(9-13)19-11/h6-7,11-13,19H,3-5,8-9H2,1-2H3,(H,20,21). The number of amides is 1. The fourth-order valence-electron chi connectivity index (χ4n) is 3.58. The first-order valence-corrected chi connectivity index (χ1v) is 8.55. The van der Waals surface area contributed by atoms with Crippen LogP contribution in [0.1, 0.15) is 43.0 Å².